The molecule has 1 fully saturated rings. The Kier molecular flexibility index (Phi) is 5.39. The minimum Gasteiger partial charge on any atom is -0.384 e. The topological polar surface area (TPSA) is 37.4 Å². The number of aromatic nitrogens is 1. The summed E-state index contributed by atoms with van der Waals surface area (Å²) in [5.74, 6) is 0. The SMILES string of the molecule is Clc1ccc2nc3c(c(NCCCN4CCOCC4)c2c1)CCCC3. The van der Waals surface area contributed by atoms with E-state index in [0.717, 1.165) is 69.2 Å². The highest BCUT2D eigenvalue weighted by molar-refractivity contribution is 6.31. The van der Waals surface area contributed by atoms with E-state index in [-0.39, 0.29) is 0 Å². The molecule has 0 atom stereocenters. The van der Waals surface area contributed by atoms with Crippen LogP contribution in [0.3, 0.4) is 0 Å². The van der Waals surface area contributed by atoms with Crippen molar-refractivity contribution in [2.24, 2.45) is 0 Å². The molecule has 0 spiro atoms. The molecule has 2 heterocycles. The summed E-state index contributed by atoms with van der Waals surface area (Å²) in [4.78, 5) is 7.39. The van der Waals surface area contributed by atoms with Crippen molar-refractivity contribution in [3.8, 4) is 0 Å². The summed E-state index contributed by atoms with van der Waals surface area (Å²) in [6, 6.07) is 6.04. The maximum atomic E-state index is 6.26. The van der Waals surface area contributed by atoms with E-state index in [1.165, 1.54) is 35.2 Å². The normalized spacial score (nSPS) is 18.3. The third kappa shape index (κ3) is 3.91. The van der Waals surface area contributed by atoms with Crippen LogP contribution in [0.4, 0.5) is 5.69 Å². The molecule has 1 aliphatic heterocycles. The van der Waals surface area contributed by atoms with E-state index >= 15 is 0 Å². The first-order valence-corrected chi connectivity index (χ1v) is 9.84. The number of fused-ring (bicyclic) bond motifs is 2. The maximum Gasteiger partial charge on any atom is 0.0727 e. The zero-order valence-corrected chi connectivity index (χ0v) is 15.4. The van der Waals surface area contributed by atoms with Crippen LogP contribution in [0.5, 0.6) is 0 Å². The summed E-state index contributed by atoms with van der Waals surface area (Å²) < 4.78 is 5.42. The quantitative estimate of drug-likeness (QED) is 0.821. The standard InChI is InChI=1S/C20H26ClN3O/c21-15-6-7-19-17(14-15)20(16-4-1-2-5-18(16)23-19)22-8-3-9-24-10-12-25-13-11-24/h6-7,14H,1-5,8-13H2,(H,22,23). The van der Waals surface area contributed by atoms with Crippen molar-refractivity contribution in [1.82, 2.24) is 9.88 Å². The summed E-state index contributed by atoms with van der Waals surface area (Å²) in [5, 5.41) is 5.67. The van der Waals surface area contributed by atoms with Gasteiger partial charge in [-0.1, -0.05) is 11.6 Å². The first kappa shape index (κ1) is 17.1. The smallest absolute Gasteiger partial charge is 0.0727 e. The van der Waals surface area contributed by atoms with Crippen LogP contribution in [0.25, 0.3) is 10.9 Å². The van der Waals surface area contributed by atoms with Gasteiger partial charge in [0.05, 0.1) is 18.7 Å². The Labute approximate surface area is 154 Å². The molecule has 1 aromatic carbocycles. The van der Waals surface area contributed by atoms with Crippen LogP contribution in [0.2, 0.25) is 5.02 Å². The second-order valence-corrected chi connectivity index (χ2v) is 7.45. The number of pyridine rings is 1. The van der Waals surface area contributed by atoms with Gasteiger partial charge in [-0.3, -0.25) is 9.88 Å². The molecule has 0 amide bonds. The molecule has 25 heavy (non-hydrogen) atoms. The van der Waals surface area contributed by atoms with E-state index in [4.69, 9.17) is 21.3 Å². The fraction of sp³-hybridized carbons (Fsp3) is 0.550. The number of ether oxygens (including phenoxy) is 1. The minimum atomic E-state index is 0.779. The van der Waals surface area contributed by atoms with Gasteiger partial charge in [0.1, 0.15) is 0 Å². The van der Waals surface area contributed by atoms with Crippen LogP contribution in [0, 0.1) is 0 Å². The molecule has 5 heteroatoms. The van der Waals surface area contributed by atoms with Crippen LogP contribution in [-0.2, 0) is 17.6 Å². The van der Waals surface area contributed by atoms with E-state index in [9.17, 15) is 0 Å². The average molecular weight is 360 g/mol. The Hall–Kier alpha value is -1.36. The number of anilines is 1. The summed E-state index contributed by atoms with van der Waals surface area (Å²) in [7, 11) is 0. The van der Waals surface area contributed by atoms with Gasteiger partial charge in [-0.2, -0.15) is 0 Å². The molecule has 1 aromatic heterocycles. The fourth-order valence-electron chi connectivity index (χ4n) is 3.94. The van der Waals surface area contributed by atoms with Gasteiger partial charge in [0.2, 0.25) is 0 Å². The fourth-order valence-corrected chi connectivity index (χ4v) is 4.11. The highest BCUT2D eigenvalue weighted by Crippen LogP contribution is 2.34. The van der Waals surface area contributed by atoms with Crippen molar-refractivity contribution in [2.75, 3.05) is 44.7 Å². The molecule has 1 N–H and O–H groups in total. The summed E-state index contributed by atoms with van der Waals surface area (Å²) in [6.07, 6.45) is 5.85. The zero-order chi connectivity index (χ0) is 17.1. The number of morpholine rings is 1. The first-order valence-electron chi connectivity index (χ1n) is 9.46. The Morgan fingerprint density at radius 2 is 2.00 bits per heavy atom. The van der Waals surface area contributed by atoms with Crippen LogP contribution in [-0.4, -0.2) is 49.3 Å². The van der Waals surface area contributed by atoms with E-state index in [1.54, 1.807) is 0 Å². The number of nitrogens with zero attached hydrogens (tertiary/aromatic N) is 2. The van der Waals surface area contributed by atoms with E-state index < -0.39 is 0 Å². The number of hydrogen-bond acceptors (Lipinski definition) is 4. The predicted molar refractivity (Wildman–Crippen MR) is 104 cm³/mol. The van der Waals surface area contributed by atoms with Crippen LogP contribution in [0.1, 0.15) is 30.5 Å². The number of rotatable bonds is 5. The lowest BCUT2D eigenvalue weighted by molar-refractivity contribution is 0.0378. The van der Waals surface area contributed by atoms with Gasteiger partial charge >= 0.3 is 0 Å². The molecule has 2 aliphatic rings. The van der Waals surface area contributed by atoms with Crippen molar-refractivity contribution in [1.29, 1.82) is 0 Å². The number of halogens is 1. The van der Waals surface area contributed by atoms with Crippen molar-refractivity contribution in [3.05, 3.63) is 34.5 Å². The first-order chi connectivity index (χ1) is 12.3. The van der Waals surface area contributed by atoms with Gasteiger partial charge < -0.3 is 10.1 Å². The van der Waals surface area contributed by atoms with Gasteiger partial charge in [0, 0.05) is 41.4 Å². The Bertz CT molecular complexity index is 743. The lowest BCUT2D eigenvalue weighted by atomic mass is 9.92. The van der Waals surface area contributed by atoms with Crippen molar-refractivity contribution in [2.45, 2.75) is 32.1 Å². The van der Waals surface area contributed by atoms with Crippen molar-refractivity contribution < 1.29 is 4.74 Å². The molecular formula is C20H26ClN3O. The summed E-state index contributed by atoms with van der Waals surface area (Å²) in [5.41, 5.74) is 5.01. The second kappa shape index (κ2) is 7.90. The highest BCUT2D eigenvalue weighted by Gasteiger charge is 2.18. The molecule has 0 saturated carbocycles. The number of benzene rings is 1. The Balaban J connectivity index is 1.51. The largest absolute Gasteiger partial charge is 0.384 e. The van der Waals surface area contributed by atoms with Gasteiger partial charge in [-0.25, -0.2) is 0 Å². The number of hydrogen-bond donors (Lipinski definition) is 1. The van der Waals surface area contributed by atoms with E-state index in [2.05, 4.69) is 16.3 Å². The summed E-state index contributed by atoms with van der Waals surface area (Å²) in [6.45, 7) is 5.97. The Morgan fingerprint density at radius 3 is 2.88 bits per heavy atom. The van der Waals surface area contributed by atoms with Gasteiger partial charge in [-0.05, 0) is 62.4 Å². The van der Waals surface area contributed by atoms with Gasteiger partial charge in [0.15, 0.2) is 0 Å². The highest BCUT2D eigenvalue weighted by atomic mass is 35.5. The molecule has 2 aromatic rings. The minimum absolute atomic E-state index is 0.779. The van der Waals surface area contributed by atoms with E-state index in [0.29, 0.717) is 0 Å². The molecule has 4 rings (SSSR count). The second-order valence-electron chi connectivity index (χ2n) is 7.01. The summed E-state index contributed by atoms with van der Waals surface area (Å²) >= 11 is 6.26. The van der Waals surface area contributed by atoms with Crippen LogP contribution < -0.4 is 5.32 Å². The number of aryl methyl sites for hydroxylation is 1. The molecule has 134 valence electrons. The third-order valence-corrected chi connectivity index (χ3v) is 5.52. The lowest BCUT2D eigenvalue weighted by Crippen LogP contribution is -2.37. The van der Waals surface area contributed by atoms with Gasteiger partial charge in [0.25, 0.3) is 0 Å². The molecule has 0 radical (unpaired) electrons. The number of nitrogens with one attached hydrogen (secondary N) is 1. The third-order valence-electron chi connectivity index (χ3n) is 5.28. The molecule has 0 bridgehead atoms. The monoisotopic (exact) mass is 359 g/mol. The maximum absolute atomic E-state index is 6.26. The Morgan fingerprint density at radius 1 is 1.16 bits per heavy atom. The average Bonchev–Trinajstić information content (AvgIpc) is 2.65. The van der Waals surface area contributed by atoms with E-state index in [1.807, 2.05) is 12.1 Å². The molecule has 1 saturated heterocycles. The van der Waals surface area contributed by atoms with Crippen LogP contribution >= 0.6 is 11.6 Å². The van der Waals surface area contributed by atoms with Crippen molar-refractivity contribution >= 4 is 28.2 Å². The molecule has 4 nitrogen and oxygen atoms in total. The predicted octanol–water partition coefficient (Wildman–Crippen LogP) is 3.90. The zero-order valence-electron chi connectivity index (χ0n) is 14.7. The van der Waals surface area contributed by atoms with Crippen molar-refractivity contribution in [3.63, 3.8) is 0 Å². The lowest BCUT2D eigenvalue weighted by Gasteiger charge is -2.27. The molecule has 1 aliphatic carbocycles. The van der Waals surface area contributed by atoms with Gasteiger partial charge in [-0.15, -0.1) is 0 Å². The van der Waals surface area contributed by atoms with Crippen LogP contribution in [0.15, 0.2) is 18.2 Å². The molecule has 0 unspecified atom stereocenters. The molecular weight excluding hydrogens is 334 g/mol.